The number of carbonyl (C=O) groups is 1. The summed E-state index contributed by atoms with van der Waals surface area (Å²) in [5.41, 5.74) is 0.197. The van der Waals surface area contributed by atoms with E-state index < -0.39 is 5.97 Å². The summed E-state index contributed by atoms with van der Waals surface area (Å²) in [6.45, 7) is 4.41. The first-order chi connectivity index (χ1) is 8.70. The third-order valence-electron chi connectivity index (χ3n) is 3.36. The van der Waals surface area contributed by atoms with Gasteiger partial charge in [0.15, 0.2) is 0 Å². The van der Waals surface area contributed by atoms with Gasteiger partial charge in [-0.2, -0.15) is 0 Å². The van der Waals surface area contributed by atoms with Gasteiger partial charge in [0.05, 0.1) is 18.2 Å². The molecule has 5 nitrogen and oxygen atoms in total. The zero-order valence-electron chi connectivity index (χ0n) is 10.5. The van der Waals surface area contributed by atoms with Crippen molar-refractivity contribution in [2.45, 2.75) is 32.4 Å². The summed E-state index contributed by atoms with van der Waals surface area (Å²) in [6.07, 6.45) is 3.75. The van der Waals surface area contributed by atoms with Crippen LogP contribution in [0.25, 0.3) is 0 Å². The number of rotatable bonds is 6. The lowest BCUT2D eigenvalue weighted by Crippen LogP contribution is -2.27. The molecule has 2 heterocycles. The first-order valence-electron chi connectivity index (χ1n) is 6.33. The number of nitrogens with one attached hydrogen (secondary N) is 1. The molecule has 0 spiro atoms. The molecule has 1 fully saturated rings. The van der Waals surface area contributed by atoms with Gasteiger partial charge in [-0.15, -0.1) is 0 Å². The Morgan fingerprint density at radius 1 is 1.61 bits per heavy atom. The summed E-state index contributed by atoms with van der Waals surface area (Å²) in [6, 6.07) is 1.55. The third kappa shape index (κ3) is 3.11. The quantitative estimate of drug-likeness (QED) is 0.810. The Hall–Kier alpha value is -1.33. The fraction of sp³-hybridized carbons (Fsp3) is 0.615. The normalized spacial score (nSPS) is 23.4. The second-order valence-electron chi connectivity index (χ2n) is 4.60. The maximum absolute atomic E-state index is 10.7. The molecular formula is C13H19NO4. The summed E-state index contributed by atoms with van der Waals surface area (Å²) in [7, 11) is 0. The molecule has 0 aromatic carbocycles. The SMILES string of the molecule is CCC1OCCC1CNCc1cc(C(=O)O)co1. The summed E-state index contributed by atoms with van der Waals surface area (Å²) >= 11 is 0. The summed E-state index contributed by atoms with van der Waals surface area (Å²) in [5, 5.41) is 12.1. The standard InChI is InChI=1S/C13H19NO4/c1-2-12-9(3-4-17-12)6-14-7-11-5-10(8-18-11)13(15)16/h5,8-9,12,14H,2-4,6-7H2,1H3,(H,15,16). The number of carboxylic acid groups (broad SMARTS) is 1. The second kappa shape index (κ2) is 6.02. The second-order valence-corrected chi connectivity index (χ2v) is 4.60. The predicted molar refractivity (Wildman–Crippen MR) is 65.5 cm³/mol. The van der Waals surface area contributed by atoms with Crippen LogP contribution in [0.2, 0.25) is 0 Å². The molecule has 1 aliphatic heterocycles. The van der Waals surface area contributed by atoms with Gasteiger partial charge in [-0.1, -0.05) is 6.92 Å². The molecule has 1 aromatic heterocycles. The van der Waals surface area contributed by atoms with Crippen molar-refractivity contribution < 1.29 is 19.1 Å². The fourth-order valence-electron chi connectivity index (χ4n) is 2.34. The molecule has 0 bridgehead atoms. The average Bonchev–Trinajstić information content (AvgIpc) is 2.97. The highest BCUT2D eigenvalue weighted by Gasteiger charge is 2.26. The zero-order valence-corrected chi connectivity index (χ0v) is 10.5. The van der Waals surface area contributed by atoms with Crippen molar-refractivity contribution in [1.29, 1.82) is 0 Å². The molecule has 1 saturated heterocycles. The van der Waals surface area contributed by atoms with Crippen LogP contribution in [0.1, 0.15) is 35.9 Å². The maximum atomic E-state index is 10.7. The van der Waals surface area contributed by atoms with Gasteiger partial charge in [-0.05, 0) is 24.8 Å². The minimum Gasteiger partial charge on any atom is -0.478 e. The number of aromatic carboxylic acids is 1. The minimum absolute atomic E-state index is 0.197. The van der Waals surface area contributed by atoms with Crippen molar-refractivity contribution in [3.8, 4) is 0 Å². The predicted octanol–water partition coefficient (Wildman–Crippen LogP) is 1.88. The highest BCUT2D eigenvalue weighted by atomic mass is 16.5. The smallest absolute Gasteiger partial charge is 0.338 e. The van der Waals surface area contributed by atoms with Gasteiger partial charge in [0, 0.05) is 13.2 Å². The van der Waals surface area contributed by atoms with Crippen molar-refractivity contribution in [2.75, 3.05) is 13.2 Å². The van der Waals surface area contributed by atoms with E-state index in [-0.39, 0.29) is 5.56 Å². The molecular weight excluding hydrogens is 234 g/mol. The van der Waals surface area contributed by atoms with Crippen LogP contribution in [0.15, 0.2) is 16.7 Å². The van der Waals surface area contributed by atoms with Crippen LogP contribution in [0.3, 0.4) is 0 Å². The number of hydrogen-bond donors (Lipinski definition) is 2. The Kier molecular flexibility index (Phi) is 4.38. The van der Waals surface area contributed by atoms with Gasteiger partial charge in [-0.25, -0.2) is 4.79 Å². The van der Waals surface area contributed by atoms with E-state index in [0.29, 0.717) is 24.3 Å². The lowest BCUT2D eigenvalue weighted by atomic mass is 10.00. The molecule has 1 aliphatic rings. The molecule has 0 amide bonds. The molecule has 18 heavy (non-hydrogen) atoms. The molecule has 100 valence electrons. The molecule has 0 aliphatic carbocycles. The van der Waals surface area contributed by atoms with E-state index in [9.17, 15) is 4.79 Å². The Labute approximate surface area is 106 Å². The summed E-state index contributed by atoms with van der Waals surface area (Å²) in [5.74, 6) is 0.239. The Bertz CT molecular complexity index is 401. The molecule has 2 rings (SSSR count). The third-order valence-corrected chi connectivity index (χ3v) is 3.36. The van der Waals surface area contributed by atoms with Gasteiger partial charge >= 0.3 is 5.97 Å². The highest BCUT2D eigenvalue weighted by Crippen LogP contribution is 2.22. The van der Waals surface area contributed by atoms with Crippen LogP contribution in [0.4, 0.5) is 0 Å². The fourth-order valence-corrected chi connectivity index (χ4v) is 2.34. The summed E-state index contributed by atoms with van der Waals surface area (Å²) < 4.78 is 10.8. The van der Waals surface area contributed by atoms with Gasteiger partial charge in [0.25, 0.3) is 0 Å². The van der Waals surface area contributed by atoms with Crippen LogP contribution < -0.4 is 5.32 Å². The Morgan fingerprint density at radius 3 is 3.11 bits per heavy atom. The first-order valence-corrected chi connectivity index (χ1v) is 6.33. The molecule has 2 N–H and O–H groups in total. The van der Waals surface area contributed by atoms with Crippen molar-refractivity contribution in [2.24, 2.45) is 5.92 Å². The largest absolute Gasteiger partial charge is 0.478 e. The van der Waals surface area contributed by atoms with E-state index >= 15 is 0 Å². The minimum atomic E-state index is -0.958. The average molecular weight is 253 g/mol. The van der Waals surface area contributed by atoms with Crippen LogP contribution in [-0.4, -0.2) is 30.3 Å². The van der Waals surface area contributed by atoms with Crippen molar-refractivity contribution in [1.82, 2.24) is 5.32 Å². The highest BCUT2D eigenvalue weighted by molar-refractivity contribution is 5.87. The lowest BCUT2D eigenvalue weighted by molar-refractivity contribution is 0.0696. The van der Waals surface area contributed by atoms with E-state index in [1.54, 1.807) is 6.07 Å². The van der Waals surface area contributed by atoms with Crippen LogP contribution >= 0.6 is 0 Å². The number of ether oxygens (including phenoxy) is 1. The first kappa shape index (κ1) is 13.1. The molecule has 0 saturated carbocycles. The monoisotopic (exact) mass is 253 g/mol. The topological polar surface area (TPSA) is 71.7 Å². The zero-order chi connectivity index (χ0) is 13.0. The number of furan rings is 1. The van der Waals surface area contributed by atoms with Crippen LogP contribution in [0.5, 0.6) is 0 Å². The van der Waals surface area contributed by atoms with Gasteiger partial charge in [0.1, 0.15) is 12.0 Å². The van der Waals surface area contributed by atoms with Gasteiger partial charge < -0.3 is 19.6 Å². The van der Waals surface area contributed by atoms with Crippen molar-refractivity contribution >= 4 is 5.97 Å². The molecule has 0 radical (unpaired) electrons. The maximum Gasteiger partial charge on any atom is 0.338 e. The molecule has 2 unspecified atom stereocenters. The van der Waals surface area contributed by atoms with Crippen molar-refractivity contribution in [3.05, 3.63) is 23.7 Å². The number of hydrogen-bond acceptors (Lipinski definition) is 4. The van der Waals surface area contributed by atoms with E-state index in [4.69, 9.17) is 14.3 Å². The molecule has 5 heteroatoms. The molecule has 2 atom stereocenters. The van der Waals surface area contributed by atoms with Crippen molar-refractivity contribution in [3.63, 3.8) is 0 Å². The van der Waals surface area contributed by atoms with Crippen LogP contribution in [-0.2, 0) is 11.3 Å². The Balaban J connectivity index is 1.76. The molecule has 1 aromatic rings. The number of carboxylic acids is 1. The summed E-state index contributed by atoms with van der Waals surface area (Å²) in [4.78, 5) is 10.7. The Morgan fingerprint density at radius 2 is 2.44 bits per heavy atom. The van der Waals surface area contributed by atoms with E-state index in [2.05, 4.69) is 12.2 Å². The van der Waals surface area contributed by atoms with E-state index in [0.717, 1.165) is 26.0 Å². The van der Waals surface area contributed by atoms with E-state index in [1.165, 1.54) is 6.26 Å². The van der Waals surface area contributed by atoms with E-state index in [1.807, 2.05) is 0 Å². The lowest BCUT2D eigenvalue weighted by Gasteiger charge is -2.16. The van der Waals surface area contributed by atoms with Crippen LogP contribution in [0, 0.1) is 5.92 Å². The van der Waals surface area contributed by atoms with Gasteiger partial charge in [0.2, 0.25) is 0 Å². The van der Waals surface area contributed by atoms with Gasteiger partial charge in [-0.3, -0.25) is 0 Å².